The van der Waals surface area contributed by atoms with Crippen LogP contribution in [0.5, 0.6) is 23.0 Å². The first kappa shape index (κ1) is 26.5. The Hall–Kier alpha value is -5.58. The van der Waals surface area contributed by atoms with E-state index in [4.69, 9.17) is 4.74 Å². The van der Waals surface area contributed by atoms with Crippen LogP contribution in [0.15, 0.2) is 82.8 Å². The zero-order valence-electron chi connectivity index (χ0n) is 20.7. The van der Waals surface area contributed by atoms with Crippen LogP contribution < -0.4 is 14.9 Å². The molecule has 0 aliphatic heterocycles. The second-order valence-electron chi connectivity index (χ2n) is 8.53. The Morgan fingerprint density at radius 3 is 1.33 bits per heavy atom. The summed E-state index contributed by atoms with van der Waals surface area (Å²) in [7, 11) is 0. The topological polar surface area (TPSA) is 166 Å². The predicted octanol–water partition coefficient (Wildman–Crippen LogP) is 5.56. The zero-order chi connectivity index (χ0) is 28.1. The third kappa shape index (κ3) is 6.41. The Balaban J connectivity index is 1.42. The van der Waals surface area contributed by atoms with Gasteiger partial charge in [0.15, 0.2) is 0 Å². The zero-order valence-corrected chi connectivity index (χ0v) is 20.7. The standard InChI is InChI=1S/C28H22N4O7/c1-17-11-19(27(33)25(13-17)31(35)36)15-29-21-3-7-23(8-4-21)39-24-9-5-22(6-10-24)30-16-20-12-18(2)14-26(28(20)34)32(37)38/h3-16,33-34H,1-2H3/p-2. The first-order valence-electron chi connectivity index (χ1n) is 11.5. The number of hydrogen-bond acceptors (Lipinski definition) is 9. The molecule has 11 heteroatoms. The molecule has 0 aliphatic rings. The number of aryl methyl sites for hydroxylation is 2. The lowest BCUT2D eigenvalue weighted by Gasteiger charge is -2.11. The van der Waals surface area contributed by atoms with Crippen LogP contribution in [-0.4, -0.2) is 22.3 Å². The van der Waals surface area contributed by atoms with Crippen LogP contribution in [0.1, 0.15) is 22.3 Å². The minimum Gasteiger partial charge on any atom is -0.867 e. The summed E-state index contributed by atoms with van der Waals surface area (Å²) in [6.07, 6.45) is 2.59. The number of benzene rings is 4. The molecule has 0 aromatic heterocycles. The van der Waals surface area contributed by atoms with Crippen molar-refractivity contribution in [3.63, 3.8) is 0 Å². The molecule has 0 fully saturated rings. The van der Waals surface area contributed by atoms with E-state index in [2.05, 4.69) is 9.98 Å². The number of nitrogens with zero attached hydrogens (tertiary/aromatic N) is 4. The molecule has 4 rings (SSSR count). The fourth-order valence-corrected chi connectivity index (χ4v) is 3.65. The molecule has 0 heterocycles. The third-order valence-corrected chi connectivity index (χ3v) is 5.49. The lowest BCUT2D eigenvalue weighted by Crippen LogP contribution is -2.02. The molecular formula is C28H20N4O7-2. The lowest BCUT2D eigenvalue weighted by molar-refractivity contribution is -0.398. The van der Waals surface area contributed by atoms with Gasteiger partial charge in [0.2, 0.25) is 0 Å². The quantitative estimate of drug-likeness (QED) is 0.165. The van der Waals surface area contributed by atoms with Gasteiger partial charge in [0.25, 0.3) is 11.4 Å². The Morgan fingerprint density at radius 2 is 1.00 bits per heavy atom. The smallest absolute Gasteiger partial charge is 0.262 e. The van der Waals surface area contributed by atoms with Crippen LogP contribution in [0, 0.1) is 34.1 Å². The van der Waals surface area contributed by atoms with Gasteiger partial charge < -0.3 is 14.9 Å². The number of nitro groups is 2. The first-order valence-corrected chi connectivity index (χ1v) is 11.5. The molecule has 0 amide bonds. The molecule has 0 saturated heterocycles. The summed E-state index contributed by atoms with van der Waals surface area (Å²) in [5.41, 5.74) is 1.45. The van der Waals surface area contributed by atoms with Crippen molar-refractivity contribution in [2.24, 2.45) is 9.98 Å². The minimum atomic E-state index is -0.710. The Bertz CT molecular complexity index is 1490. The normalized spacial score (nSPS) is 11.2. The van der Waals surface area contributed by atoms with Crippen molar-refractivity contribution in [3.8, 4) is 23.0 Å². The summed E-state index contributed by atoms with van der Waals surface area (Å²) in [6, 6.07) is 18.9. The highest BCUT2D eigenvalue weighted by molar-refractivity contribution is 5.88. The van der Waals surface area contributed by atoms with Gasteiger partial charge in [-0.2, -0.15) is 0 Å². The fourth-order valence-electron chi connectivity index (χ4n) is 3.65. The molecule has 11 nitrogen and oxygen atoms in total. The Morgan fingerprint density at radius 1 is 0.641 bits per heavy atom. The molecule has 0 unspecified atom stereocenters. The number of rotatable bonds is 8. The van der Waals surface area contributed by atoms with E-state index in [0.29, 0.717) is 34.0 Å². The van der Waals surface area contributed by atoms with Gasteiger partial charge in [0.1, 0.15) is 11.5 Å². The third-order valence-electron chi connectivity index (χ3n) is 5.49. The Kier molecular flexibility index (Phi) is 7.62. The van der Waals surface area contributed by atoms with Gasteiger partial charge in [-0.15, -0.1) is 0 Å². The van der Waals surface area contributed by atoms with E-state index in [9.17, 15) is 30.4 Å². The van der Waals surface area contributed by atoms with E-state index in [1.165, 1.54) is 36.7 Å². The van der Waals surface area contributed by atoms with E-state index >= 15 is 0 Å². The maximum absolute atomic E-state index is 12.2. The van der Waals surface area contributed by atoms with Crippen LogP contribution in [0.3, 0.4) is 0 Å². The second kappa shape index (κ2) is 11.2. The van der Waals surface area contributed by atoms with Crippen LogP contribution in [0.4, 0.5) is 22.7 Å². The van der Waals surface area contributed by atoms with E-state index in [1.54, 1.807) is 62.4 Å². The second-order valence-corrected chi connectivity index (χ2v) is 8.53. The van der Waals surface area contributed by atoms with Crippen LogP contribution in [-0.2, 0) is 0 Å². The van der Waals surface area contributed by atoms with Crippen LogP contribution in [0.2, 0.25) is 0 Å². The summed E-state index contributed by atoms with van der Waals surface area (Å²) < 4.78 is 5.81. The molecule has 39 heavy (non-hydrogen) atoms. The van der Waals surface area contributed by atoms with Crippen molar-refractivity contribution in [2.45, 2.75) is 13.8 Å². The SMILES string of the molecule is Cc1cc(C=Nc2ccc(Oc3ccc(N=Cc4cc(C)cc([N+](=O)[O-])c4[O-])cc3)cc2)c([O-])c([N+](=O)[O-])c1. The molecule has 0 bridgehead atoms. The van der Waals surface area contributed by atoms with Gasteiger partial charge in [-0.05, 0) is 96.1 Å². The fraction of sp³-hybridized carbons (Fsp3) is 0.0714. The molecule has 4 aromatic rings. The van der Waals surface area contributed by atoms with Gasteiger partial charge >= 0.3 is 0 Å². The summed E-state index contributed by atoms with van der Waals surface area (Å²) in [6.45, 7) is 3.32. The predicted molar refractivity (Wildman–Crippen MR) is 142 cm³/mol. The molecule has 0 atom stereocenters. The van der Waals surface area contributed by atoms with Gasteiger partial charge in [0, 0.05) is 24.6 Å². The molecule has 0 N–H and O–H groups in total. The van der Waals surface area contributed by atoms with Gasteiger partial charge in [-0.25, -0.2) is 0 Å². The molecule has 196 valence electrons. The first-order chi connectivity index (χ1) is 18.6. The van der Waals surface area contributed by atoms with Crippen molar-refractivity contribution in [3.05, 3.63) is 115 Å². The average Bonchev–Trinajstić information content (AvgIpc) is 2.90. The summed E-state index contributed by atoms with van der Waals surface area (Å²) in [5.74, 6) is -0.362. The maximum Gasteiger partial charge on any atom is 0.262 e. The highest BCUT2D eigenvalue weighted by Gasteiger charge is 2.11. The molecule has 0 saturated carbocycles. The number of nitro benzene ring substituents is 2. The Labute approximate surface area is 222 Å². The van der Waals surface area contributed by atoms with Crippen LogP contribution >= 0.6 is 0 Å². The molecular weight excluding hydrogens is 504 g/mol. The van der Waals surface area contributed by atoms with E-state index in [-0.39, 0.29) is 11.1 Å². The van der Waals surface area contributed by atoms with Gasteiger partial charge in [-0.1, -0.05) is 12.1 Å². The van der Waals surface area contributed by atoms with E-state index in [1.807, 2.05) is 0 Å². The summed E-state index contributed by atoms with van der Waals surface area (Å²) >= 11 is 0. The summed E-state index contributed by atoms with van der Waals surface area (Å²) in [4.78, 5) is 29.2. The van der Waals surface area contributed by atoms with Gasteiger partial charge in [0.05, 0.1) is 21.2 Å². The minimum absolute atomic E-state index is 0.122. The molecule has 0 aliphatic carbocycles. The van der Waals surface area contributed by atoms with E-state index in [0.717, 1.165) is 0 Å². The highest BCUT2D eigenvalue weighted by atomic mass is 16.6. The maximum atomic E-state index is 12.2. The largest absolute Gasteiger partial charge is 0.867 e. The monoisotopic (exact) mass is 524 g/mol. The van der Waals surface area contributed by atoms with Crippen molar-refractivity contribution < 1.29 is 24.8 Å². The average molecular weight is 524 g/mol. The van der Waals surface area contributed by atoms with Crippen molar-refractivity contribution >= 4 is 35.2 Å². The number of ether oxygens (including phenoxy) is 1. The van der Waals surface area contributed by atoms with Crippen molar-refractivity contribution in [1.29, 1.82) is 0 Å². The molecule has 0 spiro atoms. The van der Waals surface area contributed by atoms with E-state index < -0.39 is 32.7 Å². The lowest BCUT2D eigenvalue weighted by atomic mass is 10.1. The van der Waals surface area contributed by atoms with Crippen molar-refractivity contribution in [1.82, 2.24) is 0 Å². The number of aliphatic imine (C=N–C) groups is 2. The highest BCUT2D eigenvalue weighted by Crippen LogP contribution is 2.30. The molecule has 4 aromatic carbocycles. The summed E-state index contributed by atoms with van der Waals surface area (Å²) in [5, 5.41) is 46.6. The van der Waals surface area contributed by atoms with Crippen LogP contribution in [0.25, 0.3) is 0 Å². The number of hydrogen-bond donors (Lipinski definition) is 0. The van der Waals surface area contributed by atoms with Gasteiger partial charge in [-0.3, -0.25) is 30.2 Å². The van der Waals surface area contributed by atoms with Crippen molar-refractivity contribution in [2.75, 3.05) is 0 Å². The molecule has 0 radical (unpaired) electrons.